The molecule has 2 aliphatic heterocycles. The van der Waals surface area contributed by atoms with Crippen molar-refractivity contribution in [3.05, 3.63) is 77.2 Å². The Morgan fingerprint density at radius 2 is 1.90 bits per heavy atom. The molecule has 3 aromatic rings. The van der Waals surface area contributed by atoms with E-state index < -0.39 is 0 Å². The summed E-state index contributed by atoms with van der Waals surface area (Å²) in [6.45, 7) is 6.11. The molecule has 1 fully saturated rings. The second-order valence-electron chi connectivity index (χ2n) is 9.46. The van der Waals surface area contributed by atoms with Gasteiger partial charge in [0.1, 0.15) is 17.3 Å². The van der Waals surface area contributed by atoms with Gasteiger partial charge in [0.15, 0.2) is 24.8 Å². The molecule has 0 unspecified atom stereocenters. The summed E-state index contributed by atoms with van der Waals surface area (Å²) < 4.78 is 22.3. The van der Waals surface area contributed by atoms with Crippen molar-refractivity contribution >= 4 is 23.3 Å². The Bertz CT molecular complexity index is 1350. The van der Waals surface area contributed by atoms with Gasteiger partial charge in [0, 0.05) is 31.7 Å². The third-order valence-corrected chi connectivity index (χ3v) is 6.60. The molecule has 1 aromatic heterocycles. The average molecular weight is 534 g/mol. The van der Waals surface area contributed by atoms with Crippen LogP contribution in [0.15, 0.2) is 59.0 Å². The van der Waals surface area contributed by atoms with Crippen LogP contribution in [0.25, 0.3) is 0 Å². The molecule has 0 aliphatic carbocycles. The lowest BCUT2D eigenvalue weighted by Crippen LogP contribution is -2.41. The molecule has 0 spiro atoms. The first-order valence-electron chi connectivity index (χ1n) is 12.9. The number of hydrogen-bond donors (Lipinski definition) is 1. The molecule has 3 heterocycles. The van der Waals surface area contributed by atoms with Gasteiger partial charge in [-0.1, -0.05) is 12.1 Å². The predicted molar refractivity (Wildman–Crippen MR) is 142 cm³/mol. The first-order chi connectivity index (χ1) is 19.0. The van der Waals surface area contributed by atoms with E-state index in [0.29, 0.717) is 48.3 Å². The maximum absolute atomic E-state index is 12.9. The first-order valence-corrected chi connectivity index (χ1v) is 12.9. The van der Waals surface area contributed by atoms with Crippen LogP contribution in [0.3, 0.4) is 0 Å². The molecule has 0 bridgehead atoms. The highest BCUT2D eigenvalue weighted by Crippen LogP contribution is 2.34. The van der Waals surface area contributed by atoms with Gasteiger partial charge in [0.25, 0.3) is 11.8 Å². The number of carbonyl (C=O) groups excluding carboxylic acids is 3. The van der Waals surface area contributed by atoms with Crippen molar-refractivity contribution in [2.24, 2.45) is 0 Å². The van der Waals surface area contributed by atoms with Gasteiger partial charge in [-0.25, -0.2) is 0 Å². The number of hydrogen-bond acceptors (Lipinski definition) is 8. The van der Waals surface area contributed by atoms with E-state index in [1.165, 1.54) is 4.90 Å². The standard InChI is InChI=1S/C29H31N3O7/c1-20-3-2-4-22(15-20)37-18-25(33)21-5-7-26-24(16-21)32(28(34)19-38-26)17-23-6-8-27(39-23)29(35)30-9-10-31-11-13-36-14-12-31/h2-8,15-16H,9-14,17-19H2,1H3,(H,30,35). The molecule has 5 rings (SSSR count). The minimum absolute atomic E-state index is 0.0910. The number of morpholine rings is 1. The highest BCUT2D eigenvalue weighted by molar-refractivity contribution is 6.02. The van der Waals surface area contributed by atoms with E-state index >= 15 is 0 Å². The van der Waals surface area contributed by atoms with E-state index in [1.54, 1.807) is 36.4 Å². The van der Waals surface area contributed by atoms with Crippen LogP contribution in [0.1, 0.15) is 32.2 Å². The van der Waals surface area contributed by atoms with Crippen LogP contribution in [-0.2, 0) is 16.1 Å². The van der Waals surface area contributed by atoms with Crippen molar-refractivity contribution < 1.29 is 33.0 Å². The molecule has 2 aromatic carbocycles. The van der Waals surface area contributed by atoms with E-state index in [2.05, 4.69) is 10.2 Å². The van der Waals surface area contributed by atoms with Gasteiger partial charge in [-0.3, -0.25) is 24.2 Å². The molecule has 10 nitrogen and oxygen atoms in total. The van der Waals surface area contributed by atoms with Crippen LogP contribution in [0, 0.1) is 6.92 Å². The normalized spacial score (nSPS) is 15.4. The highest BCUT2D eigenvalue weighted by Gasteiger charge is 2.28. The maximum Gasteiger partial charge on any atom is 0.287 e. The molecular weight excluding hydrogens is 502 g/mol. The number of nitrogens with zero attached hydrogens (tertiary/aromatic N) is 2. The number of ketones is 1. The number of anilines is 1. The zero-order valence-corrected chi connectivity index (χ0v) is 21.8. The van der Waals surface area contributed by atoms with E-state index in [0.717, 1.165) is 25.2 Å². The monoisotopic (exact) mass is 533 g/mol. The van der Waals surface area contributed by atoms with Gasteiger partial charge in [-0.2, -0.15) is 0 Å². The van der Waals surface area contributed by atoms with Crippen molar-refractivity contribution in [2.45, 2.75) is 13.5 Å². The quantitative estimate of drug-likeness (QED) is 0.396. The minimum Gasteiger partial charge on any atom is -0.485 e. The Balaban J connectivity index is 1.22. The lowest BCUT2D eigenvalue weighted by molar-refractivity contribution is -0.121. The summed E-state index contributed by atoms with van der Waals surface area (Å²) in [7, 11) is 0. The van der Waals surface area contributed by atoms with Crippen LogP contribution >= 0.6 is 0 Å². The van der Waals surface area contributed by atoms with Crippen LogP contribution < -0.4 is 19.7 Å². The van der Waals surface area contributed by atoms with Crippen molar-refractivity contribution in [3.63, 3.8) is 0 Å². The van der Waals surface area contributed by atoms with Gasteiger partial charge >= 0.3 is 0 Å². The SMILES string of the molecule is Cc1cccc(OCC(=O)c2ccc3c(c2)N(Cc2ccc(C(=O)NCCN4CCOCC4)o2)C(=O)CO3)c1. The maximum atomic E-state index is 12.9. The van der Waals surface area contributed by atoms with E-state index in [-0.39, 0.29) is 43.1 Å². The first kappa shape index (κ1) is 26.5. The lowest BCUT2D eigenvalue weighted by Gasteiger charge is -2.29. The van der Waals surface area contributed by atoms with Crippen molar-refractivity contribution in [1.29, 1.82) is 0 Å². The third-order valence-electron chi connectivity index (χ3n) is 6.60. The van der Waals surface area contributed by atoms with Crippen LogP contribution in [0.2, 0.25) is 0 Å². The van der Waals surface area contributed by atoms with Crippen LogP contribution in [-0.4, -0.2) is 75.1 Å². The fourth-order valence-electron chi connectivity index (χ4n) is 4.47. The fourth-order valence-corrected chi connectivity index (χ4v) is 4.47. The molecular formula is C29H31N3O7. The Morgan fingerprint density at radius 1 is 1.05 bits per heavy atom. The Kier molecular flexibility index (Phi) is 8.24. The molecule has 39 heavy (non-hydrogen) atoms. The minimum atomic E-state index is -0.315. The lowest BCUT2D eigenvalue weighted by atomic mass is 10.1. The van der Waals surface area contributed by atoms with Gasteiger partial charge in [0.05, 0.1) is 25.4 Å². The summed E-state index contributed by atoms with van der Waals surface area (Å²) in [5, 5.41) is 2.87. The molecule has 1 N–H and O–H groups in total. The molecule has 204 valence electrons. The molecule has 2 amide bonds. The Labute approximate surface area is 226 Å². The van der Waals surface area contributed by atoms with Gasteiger partial charge in [-0.15, -0.1) is 0 Å². The molecule has 0 radical (unpaired) electrons. The molecule has 1 saturated heterocycles. The average Bonchev–Trinajstić information content (AvgIpc) is 3.42. The number of aryl methyl sites for hydroxylation is 1. The topological polar surface area (TPSA) is 111 Å². The van der Waals surface area contributed by atoms with E-state index in [9.17, 15) is 14.4 Å². The van der Waals surface area contributed by atoms with E-state index in [4.69, 9.17) is 18.6 Å². The van der Waals surface area contributed by atoms with Gasteiger partial charge < -0.3 is 23.9 Å². The van der Waals surface area contributed by atoms with Gasteiger partial charge in [0.2, 0.25) is 0 Å². The van der Waals surface area contributed by atoms with Crippen molar-refractivity contribution in [3.8, 4) is 11.5 Å². The molecule has 0 saturated carbocycles. The second kappa shape index (κ2) is 12.1. The fraction of sp³-hybridized carbons (Fsp3) is 0.345. The number of carbonyl (C=O) groups is 3. The zero-order valence-electron chi connectivity index (χ0n) is 21.8. The highest BCUT2D eigenvalue weighted by atomic mass is 16.5. The number of fused-ring (bicyclic) bond motifs is 1. The van der Waals surface area contributed by atoms with Crippen molar-refractivity contribution in [2.75, 3.05) is 57.5 Å². The van der Waals surface area contributed by atoms with Gasteiger partial charge in [-0.05, 0) is 55.0 Å². The number of furan rings is 1. The van der Waals surface area contributed by atoms with Crippen LogP contribution in [0.5, 0.6) is 11.5 Å². The molecule has 0 atom stereocenters. The predicted octanol–water partition coefficient (Wildman–Crippen LogP) is 2.84. The summed E-state index contributed by atoms with van der Waals surface area (Å²) in [5.74, 6) is 0.879. The zero-order chi connectivity index (χ0) is 27.2. The number of ether oxygens (including phenoxy) is 3. The molecule has 2 aliphatic rings. The Hall–Kier alpha value is -4.15. The largest absolute Gasteiger partial charge is 0.485 e. The summed E-state index contributed by atoms with van der Waals surface area (Å²) in [5.41, 5.74) is 1.89. The second-order valence-corrected chi connectivity index (χ2v) is 9.46. The number of benzene rings is 2. The van der Waals surface area contributed by atoms with Crippen LogP contribution in [0.4, 0.5) is 5.69 Å². The summed E-state index contributed by atoms with van der Waals surface area (Å²) in [6.07, 6.45) is 0. The van der Waals surface area contributed by atoms with E-state index in [1.807, 2.05) is 25.1 Å². The number of nitrogens with one attached hydrogen (secondary N) is 1. The number of rotatable bonds is 10. The Morgan fingerprint density at radius 3 is 2.72 bits per heavy atom. The summed E-state index contributed by atoms with van der Waals surface area (Å²) in [6, 6.07) is 15.7. The third kappa shape index (κ3) is 6.65. The van der Waals surface area contributed by atoms with Crippen molar-refractivity contribution in [1.82, 2.24) is 10.2 Å². The smallest absolute Gasteiger partial charge is 0.287 e. The molecule has 10 heteroatoms. The number of Topliss-reactive ketones (excluding diaryl/α,β-unsaturated/α-hetero) is 1. The summed E-state index contributed by atoms with van der Waals surface area (Å²) >= 11 is 0. The summed E-state index contributed by atoms with van der Waals surface area (Å²) in [4.78, 5) is 41.9. The number of amides is 2.